The third-order valence-corrected chi connectivity index (χ3v) is 2.51. The highest BCUT2D eigenvalue weighted by Gasteiger charge is 2.04. The quantitative estimate of drug-likeness (QED) is 0.344. The molecule has 0 aliphatic rings. The smallest absolute Gasteiger partial charge is 0.161 e. The zero-order valence-electron chi connectivity index (χ0n) is 7.22. The Kier molecular flexibility index (Phi) is 2.73. The van der Waals surface area contributed by atoms with Crippen molar-refractivity contribution in [2.75, 3.05) is 0 Å². The summed E-state index contributed by atoms with van der Waals surface area (Å²) in [6.45, 7) is 0. The number of hydrogen-bond donors (Lipinski definition) is 0. The molecule has 2 aromatic rings. The van der Waals surface area contributed by atoms with E-state index in [9.17, 15) is 0 Å². The third kappa shape index (κ3) is 2.02. The van der Waals surface area contributed by atoms with E-state index in [1.165, 1.54) is 0 Å². The predicted octanol–water partition coefficient (Wildman–Crippen LogP) is 3.99. The predicted molar refractivity (Wildman–Crippen MR) is 61.1 cm³/mol. The number of fused-ring (bicyclic) bond motifs is 1. The van der Waals surface area contributed by atoms with Gasteiger partial charge in [0, 0.05) is 14.8 Å². The molecule has 0 aliphatic heterocycles. The highest BCUT2D eigenvalue weighted by Crippen LogP contribution is 2.27. The largest absolute Gasteiger partial charge is 0.225 e. The van der Waals surface area contributed by atoms with Gasteiger partial charge in [0.1, 0.15) is 11.0 Å². The molecule has 0 saturated carbocycles. The molecule has 0 fully saturated rings. The van der Waals surface area contributed by atoms with Gasteiger partial charge < -0.3 is 0 Å². The van der Waals surface area contributed by atoms with Crippen molar-refractivity contribution < 1.29 is 0 Å². The number of nitrogens with zero attached hydrogens (tertiary/aromatic N) is 5. The van der Waals surface area contributed by atoms with Gasteiger partial charge >= 0.3 is 0 Å². The Morgan fingerprint density at radius 3 is 2.93 bits per heavy atom. The fraction of sp³-hybridized carbons (Fsp3) is 0. The summed E-state index contributed by atoms with van der Waals surface area (Å²) in [5.41, 5.74) is 8.77. The first-order valence-electron chi connectivity index (χ1n) is 3.88. The summed E-state index contributed by atoms with van der Waals surface area (Å²) >= 11 is 8.97. The second-order valence-corrected chi connectivity index (χ2v) is 3.91. The average Bonchev–Trinajstić information content (AvgIpc) is 2.20. The van der Waals surface area contributed by atoms with E-state index in [0.29, 0.717) is 15.3 Å². The molecule has 0 atom stereocenters. The van der Waals surface area contributed by atoms with Gasteiger partial charge in [-0.05, 0) is 44.8 Å². The van der Waals surface area contributed by atoms with E-state index in [2.05, 4.69) is 35.9 Å². The molecular formula is C8H3BrClN5. The molecule has 15 heavy (non-hydrogen) atoms. The van der Waals surface area contributed by atoms with Crippen molar-refractivity contribution in [3.63, 3.8) is 0 Å². The molecule has 0 unspecified atom stereocenters. The molecule has 0 saturated heterocycles. The average molecular weight is 285 g/mol. The van der Waals surface area contributed by atoms with Crippen molar-refractivity contribution in [3.05, 3.63) is 38.3 Å². The molecule has 0 aliphatic carbocycles. The highest BCUT2D eigenvalue weighted by atomic mass is 79.9. The highest BCUT2D eigenvalue weighted by molar-refractivity contribution is 9.10. The zero-order chi connectivity index (χ0) is 10.8. The van der Waals surface area contributed by atoms with E-state index in [4.69, 9.17) is 17.1 Å². The SMILES string of the molecule is [N-]=[N+]=Nc1nc2nc(Cl)ccc2cc1Br. The van der Waals surface area contributed by atoms with Crippen LogP contribution in [0.1, 0.15) is 0 Å². The molecule has 7 heteroatoms. The van der Waals surface area contributed by atoms with Gasteiger partial charge in [0.25, 0.3) is 0 Å². The Bertz CT molecular complexity index is 578. The van der Waals surface area contributed by atoms with Gasteiger partial charge in [0.2, 0.25) is 0 Å². The maximum atomic E-state index is 8.32. The molecule has 0 radical (unpaired) electrons. The van der Waals surface area contributed by atoms with E-state index in [1.807, 2.05) is 0 Å². The lowest BCUT2D eigenvalue weighted by Gasteiger charge is -2.00. The summed E-state index contributed by atoms with van der Waals surface area (Å²) in [4.78, 5) is 10.7. The summed E-state index contributed by atoms with van der Waals surface area (Å²) in [5.74, 6) is 0.250. The maximum Gasteiger partial charge on any atom is 0.161 e. The normalized spacial score (nSPS) is 10.0. The Labute approximate surface area is 97.9 Å². The zero-order valence-corrected chi connectivity index (χ0v) is 9.57. The van der Waals surface area contributed by atoms with Crippen LogP contribution >= 0.6 is 27.5 Å². The first kappa shape index (κ1) is 10.2. The van der Waals surface area contributed by atoms with E-state index >= 15 is 0 Å². The molecule has 5 nitrogen and oxygen atoms in total. The Morgan fingerprint density at radius 2 is 2.20 bits per heavy atom. The topological polar surface area (TPSA) is 74.5 Å². The van der Waals surface area contributed by atoms with E-state index in [1.54, 1.807) is 18.2 Å². The fourth-order valence-corrected chi connectivity index (χ4v) is 1.66. The van der Waals surface area contributed by atoms with Gasteiger partial charge in [-0.3, -0.25) is 0 Å². The monoisotopic (exact) mass is 283 g/mol. The fourth-order valence-electron chi connectivity index (χ4n) is 1.11. The first-order chi connectivity index (χ1) is 7.20. The van der Waals surface area contributed by atoms with Crippen molar-refractivity contribution in [3.8, 4) is 0 Å². The van der Waals surface area contributed by atoms with Crippen LogP contribution in [0, 0.1) is 0 Å². The lowest BCUT2D eigenvalue weighted by Crippen LogP contribution is -1.85. The minimum absolute atomic E-state index is 0.250. The maximum absolute atomic E-state index is 8.32. The Hall–Kier alpha value is -1.36. The summed E-state index contributed by atoms with van der Waals surface area (Å²) in [5, 5.41) is 4.60. The number of azide groups is 1. The lowest BCUT2D eigenvalue weighted by atomic mass is 10.3. The second-order valence-electron chi connectivity index (χ2n) is 2.66. The Balaban J connectivity index is 2.76. The van der Waals surface area contributed by atoms with Gasteiger partial charge in [0.05, 0.1) is 0 Å². The molecular weight excluding hydrogens is 281 g/mol. The minimum atomic E-state index is 0.250. The van der Waals surface area contributed by atoms with Crippen LogP contribution in [-0.2, 0) is 0 Å². The molecule has 2 rings (SSSR count). The van der Waals surface area contributed by atoms with Crippen molar-refractivity contribution in [1.29, 1.82) is 0 Å². The number of halogens is 2. The van der Waals surface area contributed by atoms with Crippen LogP contribution in [0.2, 0.25) is 5.15 Å². The summed E-state index contributed by atoms with van der Waals surface area (Å²) in [6, 6.07) is 5.24. The minimum Gasteiger partial charge on any atom is -0.225 e. The van der Waals surface area contributed by atoms with Gasteiger partial charge in [-0.25, -0.2) is 9.97 Å². The molecule has 0 spiro atoms. The summed E-state index contributed by atoms with van der Waals surface area (Å²) in [6.07, 6.45) is 0. The first-order valence-corrected chi connectivity index (χ1v) is 5.05. The molecule has 0 aromatic carbocycles. The summed E-state index contributed by atoms with van der Waals surface area (Å²) < 4.78 is 0.622. The lowest BCUT2D eigenvalue weighted by molar-refractivity contribution is 1.24. The van der Waals surface area contributed by atoms with Crippen molar-refractivity contribution >= 4 is 44.4 Å². The van der Waals surface area contributed by atoms with Crippen LogP contribution in [0.5, 0.6) is 0 Å². The van der Waals surface area contributed by atoms with Crippen molar-refractivity contribution in [2.24, 2.45) is 5.11 Å². The van der Waals surface area contributed by atoms with Crippen LogP contribution in [-0.4, -0.2) is 9.97 Å². The van der Waals surface area contributed by atoms with E-state index in [0.717, 1.165) is 5.39 Å². The van der Waals surface area contributed by atoms with Crippen molar-refractivity contribution in [2.45, 2.75) is 0 Å². The molecule has 0 bridgehead atoms. The van der Waals surface area contributed by atoms with Gasteiger partial charge in [-0.1, -0.05) is 11.6 Å². The van der Waals surface area contributed by atoms with Gasteiger partial charge in [-0.2, -0.15) is 0 Å². The third-order valence-electron chi connectivity index (χ3n) is 1.72. The van der Waals surface area contributed by atoms with Crippen LogP contribution in [0.25, 0.3) is 21.5 Å². The number of rotatable bonds is 1. The number of aromatic nitrogens is 2. The van der Waals surface area contributed by atoms with Crippen LogP contribution in [0.15, 0.2) is 27.8 Å². The molecule has 0 N–H and O–H groups in total. The molecule has 74 valence electrons. The van der Waals surface area contributed by atoms with Crippen LogP contribution < -0.4 is 0 Å². The number of hydrogen-bond acceptors (Lipinski definition) is 3. The second kappa shape index (κ2) is 4.02. The van der Waals surface area contributed by atoms with Crippen LogP contribution in [0.4, 0.5) is 5.82 Å². The molecule has 2 aromatic heterocycles. The number of pyridine rings is 2. The summed E-state index contributed by atoms with van der Waals surface area (Å²) in [7, 11) is 0. The standard InChI is InChI=1S/C8H3BrClN5/c9-5-3-4-1-2-6(10)12-7(4)13-8(5)14-15-11/h1-3H. The van der Waals surface area contributed by atoms with E-state index < -0.39 is 0 Å². The van der Waals surface area contributed by atoms with Crippen molar-refractivity contribution in [1.82, 2.24) is 9.97 Å². The van der Waals surface area contributed by atoms with Gasteiger partial charge in [0.15, 0.2) is 5.65 Å². The van der Waals surface area contributed by atoms with Crippen LogP contribution in [0.3, 0.4) is 0 Å². The molecule has 2 heterocycles. The molecule has 0 amide bonds. The van der Waals surface area contributed by atoms with E-state index in [-0.39, 0.29) is 5.82 Å². The Morgan fingerprint density at radius 1 is 1.40 bits per heavy atom. The van der Waals surface area contributed by atoms with Gasteiger partial charge in [-0.15, -0.1) is 0 Å².